The Balaban J connectivity index is 2.57. The largest absolute Gasteiger partial charge is 0.478 e. The summed E-state index contributed by atoms with van der Waals surface area (Å²) in [6.45, 7) is 4.16. The van der Waals surface area contributed by atoms with Crippen molar-refractivity contribution in [3.8, 4) is 0 Å². The van der Waals surface area contributed by atoms with Crippen molar-refractivity contribution >= 4 is 23.4 Å². The number of fused-ring (bicyclic) bond motifs is 1. The van der Waals surface area contributed by atoms with Crippen molar-refractivity contribution in [2.45, 2.75) is 32.4 Å². The van der Waals surface area contributed by atoms with E-state index in [1.54, 1.807) is 11.8 Å². The van der Waals surface area contributed by atoms with E-state index in [1.807, 2.05) is 0 Å². The molecule has 3 N–H and O–H groups in total. The van der Waals surface area contributed by atoms with Crippen LogP contribution in [0.15, 0.2) is 0 Å². The number of rotatable bonds is 3. The zero-order chi connectivity index (χ0) is 13.3. The molecule has 0 amide bonds. The number of nitrogen functional groups attached to an aromatic ring is 1. The van der Waals surface area contributed by atoms with E-state index in [9.17, 15) is 9.90 Å². The molecule has 18 heavy (non-hydrogen) atoms. The minimum atomic E-state index is -0.932. The molecule has 98 valence electrons. The number of aryl methyl sites for hydroxylation is 1. The molecule has 0 aromatic carbocycles. The van der Waals surface area contributed by atoms with Gasteiger partial charge in [-0.1, -0.05) is 13.8 Å². The van der Waals surface area contributed by atoms with Crippen molar-refractivity contribution in [2.24, 2.45) is 5.92 Å². The highest BCUT2D eigenvalue weighted by molar-refractivity contribution is 7.98. The van der Waals surface area contributed by atoms with Gasteiger partial charge in [-0.3, -0.25) is 4.98 Å². The number of pyridine rings is 1. The molecule has 0 radical (unpaired) electrons. The molecule has 0 saturated heterocycles. The first-order valence-electron chi connectivity index (χ1n) is 6.11. The van der Waals surface area contributed by atoms with Crippen LogP contribution in [0.25, 0.3) is 0 Å². The first-order valence-corrected chi connectivity index (χ1v) is 7.27. The lowest BCUT2D eigenvalue weighted by atomic mass is 9.98. The predicted octanol–water partition coefficient (Wildman–Crippen LogP) is 2.35. The lowest BCUT2D eigenvalue weighted by Crippen LogP contribution is -2.18. The van der Waals surface area contributed by atoms with Gasteiger partial charge in [0.2, 0.25) is 0 Å². The molecular weight excluding hydrogens is 248 g/mol. The third-order valence-electron chi connectivity index (χ3n) is 3.05. The highest BCUT2D eigenvalue weighted by Crippen LogP contribution is 2.32. The lowest BCUT2D eigenvalue weighted by Gasteiger charge is -2.21. The Morgan fingerprint density at radius 1 is 1.56 bits per heavy atom. The standard InChI is InChI=1S/C13H18N2O2S/c1-7(2)5-10-12(14)11(13(16)17)8-6-18-4-3-9(8)15-10/h7H,3-6,14H2,1-2H3,(H,16,17). The van der Waals surface area contributed by atoms with Gasteiger partial charge in [-0.25, -0.2) is 4.79 Å². The number of nitrogens with two attached hydrogens (primary N) is 1. The van der Waals surface area contributed by atoms with Crippen LogP contribution in [0, 0.1) is 5.92 Å². The van der Waals surface area contributed by atoms with Crippen LogP contribution in [0.4, 0.5) is 5.69 Å². The molecule has 0 unspecified atom stereocenters. The number of carbonyl (C=O) groups is 1. The number of hydrogen-bond acceptors (Lipinski definition) is 4. The fourth-order valence-corrected chi connectivity index (χ4v) is 3.23. The van der Waals surface area contributed by atoms with Gasteiger partial charge in [0.05, 0.1) is 16.9 Å². The summed E-state index contributed by atoms with van der Waals surface area (Å²) < 4.78 is 0. The summed E-state index contributed by atoms with van der Waals surface area (Å²) in [7, 11) is 0. The first-order chi connectivity index (χ1) is 8.50. The van der Waals surface area contributed by atoms with Crippen molar-refractivity contribution in [1.29, 1.82) is 0 Å². The second-order valence-electron chi connectivity index (χ2n) is 4.98. The Morgan fingerprint density at radius 3 is 2.89 bits per heavy atom. The maximum Gasteiger partial charge on any atom is 0.338 e. The zero-order valence-electron chi connectivity index (χ0n) is 10.7. The topological polar surface area (TPSA) is 76.2 Å². The fourth-order valence-electron chi connectivity index (χ4n) is 2.23. The highest BCUT2D eigenvalue weighted by atomic mass is 32.2. The van der Waals surface area contributed by atoms with E-state index in [4.69, 9.17) is 5.73 Å². The number of carboxylic acid groups (broad SMARTS) is 1. The Bertz CT molecular complexity index is 486. The van der Waals surface area contributed by atoms with Gasteiger partial charge in [0, 0.05) is 17.0 Å². The zero-order valence-corrected chi connectivity index (χ0v) is 11.5. The predicted molar refractivity (Wildman–Crippen MR) is 74.0 cm³/mol. The van der Waals surface area contributed by atoms with E-state index in [0.29, 0.717) is 17.4 Å². The molecule has 0 atom stereocenters. The fraction of sp³-hybridized carbons (Fsp3) is 0.538. The molecule has 1 aliphatic rings. The molecule has 4 nitrogen and oxygen atoms in total. The smallest absolute Gasteiger partial charge is 0.338 e. The minimum absolute atomic E-state index is 0.280. The monoisotopic (exact) mass is 266 g/mol. The molecule has 1 aromatic heterocycles. The van der Waals surface area contributed by atoms with Crippen LogP contribution >= 0.6 is 11.8 Å². The van der Waals surface area contributed by atoms with Gasteiger partial charge >= 0.3 is 5.97 Å². The van der Waals surface area contributed by atoms with Gasteiger partial charge in [-0.2, -0.15) is 11.8 Å². The van der Waals surface area contributed by atoms with E-state index in [-0.39, 0.29) is 5.56 Å². The Morgan fingerprint density at radius 2 is 2.28 bits per heavy atom. The van der Waals surface area contributed by atoms with Crippen molar-refractivity contribution in [3.05, 3.63) is 22.5 Å². The van der Waals surface area contributed by atoms with Crippen molar-refractivity contribution in [2.75, 3.05) is 11.5 Å². The van der Waals surface area contributed by atoms with Crippen LogP contribution in [0.2, 0.25) is 0 Å². The number of carboxylic acids is 1. The maximum atomic E-state index is 11.4. The molecule has 1 aromatic rings. The van der Waals surface area contributed by atoms with Gasteiger partial charge in [-0.05, 0) is 24.5 Å². The van der Waals surface area contributed by atoms with E-state index < -0.39 is 5.97 Å². The van der Waals surface area contributed by atoms with E-state index in [1.165, 1.54) is 0 Å². The van der Waals surface area contributed by atoms with E-state index in [0.717, 1.165) is 35.5 Å². The average Bonchev–Trinajstić information content (AvgIpc) is 2.29. The number of aromatic carboxylic acids is 1. The van der Waals surface area contributed by atoms with Gasteiger partial charge in [0.25, 0.3) is 0 Å². The summed E-state index contributed by atoms with van der Waals surface area (Å²) in [6, 6.07) is 0. The third-order valence-corrected chi connectivity index (χ3v) is 4.03. The molecule has 2 heterocycles. The van der Waals surface area contributed by atoms with Crippen LogP contribution in [-0.4, -0.2) is 21.8 Å². The summed E-state index contributed by atoms with van der Waals surface area (Å²) in [6.07, 6.45) is 1.57. The van der Waals surface area contributed by atoms with Crippen LogP contribution in [0.1, 0.15) is 41.2 Å². The first kappa shape index (κ1) is 13.2. The number of nitrogens with zero attached hydrogens (tertiary/aromatic N) is 1. The Kier molecular flexibility index (Phi) is 3.80. The molecule has 0 bridgehead atoms. The molecule has 0 aliphatic carbocycles. The molecule has 0 saturated carbocycles. The van der Waals surface area contributed by atoms with E-state index in [2.05, 4.69) is 18.8 Å². The second kappa shape index (κ2) is 5.18. The molecule has 1 aliphatic heterocycles. The number of hydrogen-bond donors (Lipinski definition) is 2. The van der Waals surface area contributed by atoms with Gasteiger partial charge in [0.1, 0.15) is 0 Å². The van der Waals surface area contributed by atoms with Crippen LogP contribution < -0.4 is 5.73 Å². The molecular formula is C13H18N2O2S. The van der Waals surface area contributed by atoms with Crippen molar-refractivity contribution in [1.82, 2.24) is 4.98 Å². The summed E-state index contributed by atoms with van der Waals surface area (Å²) in [5.74, 6) is 1.19. The maximum absolute atomic E-state index is 11.4. The summed E-state index contributed by atoms with van der Waals surface area (Å²) in [4.78, 5) is 16.0. The van der Waals surface area contributed by atoms with Crippen LogP contribution in [0.5, 0.6) is 0 Å². The third kappa shape index (κ3) is 2.46. The lowest BCUT2D eigenvalue weighted by molar-refractivity contribution is 0.0696. The molecule has 0 fully saturated rings. The molecule has 0 spiro atoms. The SMILES string of the molecule is CC(C)Cc1nc2c(c(C(=O)O)c1N)CSCC2. The summed E-state index contributed by atoms with van der Waals surface area (Å²) in [5, 5.41) is 9.36. The van der Waals surface area contributed by atoms with Gasteiger partial charge in [0.15, 0.2) is 0 Å². The van der Waals surface area contributed by atoms with Gasteiger partial charge < -0.3 is 10.8 Å². The number of aromatic nitrogens is 1. The normalized spacial score (nSPS) is 14.6. The number of thioether (sulfide) groups is 1. The van der Waals surface area contributed by atoms with Crippen LogP contribution in [-0.2, 0) is 18.6 Å². The van der Waals surface area contributed by atoms with E-state index >= 15 is 0 Å². The van der Waals surface area contributed by atoms with Crippen molar-refractivity contribution < 1.29 is 9.90 Å². The second-order valence-corrected chi connectivity index (χ2v) is 6.08. The highest BCUT2D eigenvalue weighted by Gasteiger charge is 2.24. The molecule has 5 heteroatoms. The quantitative estimate of drug-likeness (QED) is 0.878. The Hall–Kier alpha value is -1.23. The van der Waals surface area contributed by atoms with Crippen molar-refractivity contribution in [3.63, 3.8) is 0 Å². The Labute approximate surface area is 111 Å². The van der Waals surface area contributed by atoms with Gasteiger partial charge in [-0.15, -0.1) is 0 Å². The average molecular weight is 266 g/mol. The number of anilines is 1. The van der Waals surface area contributed by atoms with Crippen LogP contribution in [0.3, 0.4) is 0 Å². The minimum Gasteiger partial charge on any atom is -0.478 e. The summed E-state index contributed by atoms with van der Waals surface area (Å²) >= 11 is 1.74. The summed E-state index contributed by atoms with van der Waals surface area (Å²) in [5.41, 5.74) is 9.14. The molecule has 2 rings (SSSR count).